The van der Waals surface area contributed by atoms with Crippen molar-refractivity contribution in [3.8, 4) is 0 Å². The molecule has 0 aliphatic carbocycles. The van der Waals surface area contributed by atoms with Gasteiger partial charge in [0.05, 0.1) is 0 Å². The maximum atomic E-state index is 12.1. The highest BCUT2D eigenvalue weighted by Gasteiger charge is 2.29. The molecule has 0 aliphatic heterocycles. The minimum atomic E-state index is -0.978. The second kappa shape index (κ2) is 9.75. The van der Waals surface area contributed by atoms with Gasteiger partial charge < -0.3 is 15.8 Å². The van der Waals surface area contributed by atoms with E-state index in [9.17, 15) is 4.79 Å². The molecule has 0 aliphatic rings. The Morgan fingerprint density at radius 3 is 2.50 bits per heavy atom. The Bertz CT molecular complexity index is 383. The van der Waals surface area contributed by atoms with Crippen LogP contribution in [0.25, 0.3) is 0 Å². The van der Waals surface area contributed by atoms with Crippen LogP contribution in [0.2, 0.25) is 0 Å². The first-order valence-corrected chi connectivity index (χ1v) is 6.70. The number of amides is 1. The first-order valence-electron chi connectivity index (χ1n) is 6.70. The largest absolute Gasteiger partial charge is 0.385 e. The zero-order chi connectivity index (χ0) is 14.1. The number of carbonyl (C=O) groups excluding carboxylic acids is 1. The van der Waals surface area contributed by atoms with E-state index in [4.69, 9.17) is 10.5 Å². The minimum Gasteiger partial charge on any atom is -0.385 e. The molecule has 1 atom stereocenters. The van der Waals surface area contributed by atoms with Gasteiger partial charge in [0.1, 0.15) is 5.54 Å². The number of benzene rings is 1. The maximum absolute atomic E-state index is 12.1. The van der Waals surface area contributed by atoms with Crippen LogP contribution in [0.1, 0.15) is 31.7 Å². The quantitative estimate of drug-likeness (QED) is 0.724. The van der Waals surface area contributed by atoms with Crippen LogP contribution in [0.3, 0.4) is 0 Å². The number of halogens is 1. The van der Waals surface area contributed by atoms with Gasteiger partial charge in [-0.1, -0.05) is 30.3 Å². The van der Waals surface area contributed by atoms with E-state index in [1.54, 1.807) is 14.0 Å². The average Bonchev–Trinajstić information content (AvgIpc) is 2.43. The van der Waals surface area contributed by atoms with Gasteiger partial charge in [0, 0.05) is 20.3 Å². The zero-order valence-electron chi connectivity index (χ0n) is 12.2. The van der Waals surface area contributed by atoms with Gasteiger partial charge in [0.15, 0.2) is 0 Å². The van der Waals surface area contributed by atoms with E-state index >= 15 is 0 Å². The molecule has 1 unspecified atom stereocenters. The van der Waals surface area contributed by atoms with Crippen molar-refractivity contribution in [2.24, 2.45) is 5.73 Å². The Balaban J connectivity index is 0.00000361. The van der Waals surface area contributed by atoms with Crippen molar-refractivity contribution < 1.29 is 9.53 Å². The van der Waals surface area contributed by atoms with Crippen molar-refractivity contribution in [3.63, 3.8) is 0 Å². The number of hydrogen-bond donors (Lipinski definition) is 2. The van der Waals surface area contributed by atoms with Gasteiger partial charge in [0.2, 0.25) is 5.91 Å². The number of hydrogen-bond acceptors (Lipinski definition) is 3. The summed E-state index contributed by atoms with van der Waals surface area (Å²) >= 11 is 0. The summed E-state index contributed by atoms with van der Waals surface area (Å²) in [5.41, 5.74) is 5.96. The molecule has 1 aromatic carbocycles. The van der Waals surface area contributed by atoms with Crippen LogP contribution >= 0.6 is 12.4 Å². The Labute approximate surface area is 127 Å². The first kappa shape index (κ1) is 18.9. The summed E-state index contributed by atoms with van der Waals surface area (Å²) in [5, 5.41) is 2.89. The summed E-state index contributed by atoms with van der Waals surface area (Å²) in [4.78, 5) is 12.1. The second-order valence-corrected chi connectivity index (χ2v) is 4.88. The van der Waals surface area contributed by atoms with E-state index < -0.39 is 5.54 Å². The molecular formula is C15H25ClN2O2. The van der Waals surface area contributed by atoms with Gasteiger partial charge in [-0.3, -0.25) is 4.79 Å². The number of ether oxygens (including phenoxy) is 1. The molecule has 0 radical (unpaired) electrons. The summed E-state index contributed by atoms with van der Waals surface area (Å²) in [5.74, 6) is -0.134. The lowest BCUT2D eigenvalue weighted by molar-refractivity contribution is -0.126. The van der Waals surface area contributed by atoms with Crippen LogP contribution in [0.15, 0.2) is 30.3 Å². The third-order valence-corrected chi connectivity index (χ3v) is 3.16. The molecule has 3 N–H and O–H groups in total. The minimum absolute atomic E-state index is 0. The summed E-state index contributed by atoms with van der Waals surface area (Å²) in [6.45, 7) is 3.16. The van der Waals surface area contributed by atoms with Crippen LogP contribution in [-0.2, 0) is 15.1 Å². The third kappa shape index (κ3) is 5.90. The first-order chi connectivity index (χ1) is 9.09. The van der Waals surface area contributed by atoms with Crippen molar-refractivity contribution in [3.05, 3.63) is 35.9 Å². The molecule has 5 heteroatoms. The van der Waals surface area contributed by atoms with E-state index in [0.717, 1.165) is 31.4 Å². The lowest BCUT2D eigenvalue weighted by Crippen LogP contribution is -2.49. The summed E-state index contributed by atoms with van der Waals surface area (Å²) in [6.07, 6.45) is 3.01. The lowest BCUT2D eigenvalue weighted by atomic mass is 9.92. The number of rotatable bonds is 8. The summed E-state index contributed by atoms with van der Waals surface area (Å²) in [6, 6.07) is 9.43. The predicted molar refractivity (Wildman–Crippen MR) is 84.0 cm³/mol. The summed E-state index contributed by atoms with van der Waals surface area (Å²) < 4.78 is 4.97. The van der Waals surface area contributed by atoms with Gasteiger partial charge in [0.25, 0.3) is 0 Å². The van der Waals surface area contributed by atoms with E-state index in [1.165, 1.54) is 0 Å². The van der Waals surface area contributed by atoms with E-state index in [-0.39, 0.29) is 18.3 Å². The van der Waals surface area contributed by atoms with Crippen molar-refractivity contribution in [1.82, 2.24) is 5.32 Å². The molecule has 0 aromatic heterocycles. The van der Waals surface area contributed by atoms with E-state index in [2.05, 4.69) is 5.32 Å². The van der Waals surface area contributed by atoms with E-state index in [0.29, 0.717) is 6.54 Å². The van der Waals surface area contributed by atoms with Crippen LogP contribution in [0.5, 0.6) is 0 Å². The highest BCUT2D eigenvalue weighted by Crippen LogP contribution is 2.17. The highest BCUT2D eigenvalue weighted by molar-refractivity contribution is 5.86. The molecule has 114 valence electrons. The Morgan fingerprint density at radius 2 is 1.90 bits per heavy atom. The zero-order valence-corrected chi connectivity index (χ0v) is 13.0. The van der Waals surface area contributed by atoms with Gasteiger partial charge in [-0.25, -0.2) is 0 Å². The molecule has 0 spiro atoms. The molecule has 4 nitrogen and oxygen atoms in total. The number of nitrogens with two attached hydrogens (primary N) is 1. The van der Waals surface area contributed by atoms with Crippen molar-refractivity contribution in [2.75, 3.05) is 20.3 Å². The Hall–Kier alpha value is -1.10. The molecule has 0 heterocycles. The Morgan fingerprint density at radius 1 is 1.25 bits per heavy atom. The molecule has 1 rings (SSSR count). The Kier molecular flexibility index (Phi) is 9.21. The number of methoxy groups -OCH3 is 1. The molecule has 0 saturated heterocycles. The van der Waals surface area contributed by atoms with Crippen molar-refractivity contribution in [2.45, 2.75) is 31.7 Å². The molecule has 20 heavy (non-hydrogen) atoms. The number of unbranched alkanes of at least 4 members (excludes halogenated alkanes) is 2. The van der Waals surface area contributed by atoms with Gasteiger partial charge >= 0.3 is 0 Å². The molecule has 1 amide bonds. The fraction of sp³-hybridized carbons (Fsp3) is 0.533. The maximum Gasteiger partial charge on any atom is 0.244 e. The normalized spacial score (nSPS) is 13.2. The number of nitrogens with one attached hydrogen (secondary N) is 1. The smallest absolute Gasteiger partial charge is 0.244 e. The summed E-state index contributed by atoms with van der Waals surface area (Å²) in [7, 11) is 1.70. The molecule has 1 aromatic rings. The third-order valence-electron chi connectivity index (χ3n) is 3.16. The van der Waals surface area contributed by atoms with Gasteiger partial charge in [-0.15, -0.1) is 12.4 Å². The molecule has 0 saturated carbocycles. The van der Waals surface area contributed by atoms with Crippen LogP contribution in [-0.4, -0.2) is 26.2 Å². The number of carbonyl (C=O) groups is 1. The highest BCUT2D eigenvalue weighted by atomic mass is 35.5. The fourth-order valence-corrected chi connectivity index (χ4v) is 1.85. The monoisotopic (exact) mass is 300 g/mol. The average molecular weight is 301 g/mol. The lowest BCUT2D eigenvalue weighted by Gasteiger charge is -2.24. The van der Waals surface area contributed by atoms with Crippen LogP contribution < -0.4 is 11.1 Å². The standard InChI is InChI=1S/C15H24N2O2.ClH/c1-15(16,13-9-5-3-6-10-13)14(18)17-11-7-4-8-12-19-2;/h3,5-6,9-10H,4,7-8,11-12,16H2,1-2H3,(H,17,18);1H. The fourth-order valence-electron chi connectivity index (χ4n) is 1.85. The van der Waals surface area contributed by atoms with Gasteiger partial charge in [-0.05, 0) is 31.7 Å². The molecule has 0 fully saturated rings. The topological polar surface area (TPSA) is 64.3 Å². The second-order valence-electron chi connectivity index (χ2n) is 4.88. The van der Waals surface area contributed by atoms with Gasteiger partial charge in [-0.2, -0.15) is 0 Å². The van der Waals surface area contributed by atoms with Crippen molar-refractivity contribution >= 4 is 18.3 Å². The predicted octanol–water partition coefficient (Wildman–Crippen LogP) is 2.22. The van der Waals surface area contributed by atoms with Crippen molar-refractivity contribution in [1.29, 1.82) is 0 Å². The molecule has 0 bridgehead atoms. The van der Waals surface area contributed by atoms with Crippen LogP contribution in [0, 0.1) is 0 Å². The molecular weight excluding hydrogens is 276 g/mol. The van der Waals surface area contributed by atoms with Crippen LogP contribution in [0.4, 0.5) is 0 Å². The SMILES string of the molecule is COCCCCCNC(=O)C(C)(N)c1ccccc1.Cl. The van der Waals surface area contributed by atoms with E-state index in [1.807, 2.05) is 30.3 Å².